The molecule has 0 aromatic heterocycles. The van der Waals surface area contributed by atoms with Crippen LogP contribution < -0.4 is 14.8 Å². The fourth-order valence-corrected chi connectivity index (χ4v) is 1.46. The molecule has 0 unspecified atom stereocenters. The van der Waals surface area contributed by atoms with Crippen molar-refractivity contribution in [3.05, 3.63) is 24.2 Å². The van der Waals surface area contributed by atoms with Gasteiger partial charge in [-0.2, -0.15) is 0 Å². The highest BCUT2D eigenvalue weighted by Gasteiger charge is 2.26. The van der Waals surface area contributed by atoms with Crippen molar-refractivity contribution in [1.29, 1.82) is 0 Å². The van der Waals surface area contributed by atoms with Crippen LogP contribution in [0.2, 0.25) is 0 Å². The number of benzene rings is 1. The molecule has 0 amide bonds. The molecule has 1 N–H and O–H groups in total. The van der Waals surface area contributed by atoms with Crippen LogP contribution in [-0.4, -0.2) is 31.5 Å². The third kappa shape index (κ3) is 1.52. The second-order valence-electron chi connectivity index (χ2n) is 3.15. The summed E-state index contributed by atoms with van der Waals surface area (Å²) in [5.41, 5.74) is 0. The van der Waals surface area contributed by atoms with Crippen LogP contribution in [0.4, 0.5) is 0 Å². The highest BCUT2D eigenvalue weighted by atomic mass is 16.6. The van der Waals surface area contributed by atoms with Crippen molar-refractivity contribution in [2.45, 2.75) is 6.10 Å². The van der Waals surface area contributed by atoms with Gasteiger partial charge in [-0.1, -0.05) is 12.1 Å². The van der Waals surface area contributed by atoms with Crippen LogP contribution in [0.15, 0.2) is 29.2 Å². The minimum atomic E-state index is -2.35. The number of ether oxygens (including phenoxy) is 2. The highest BCUT2D eigenvalue weighted by Crippen LogP contribution is 2.31. The van der Waals surface area contributed by atoms with Gasteiger partial charge in [0.05, 0.1) is 13.4 Å². The summed E-state index contributed by atoms with van der Waals surface area (Å²) < 4.78 is 48.7. The molecule has 0 bridgehead atoms. The zero-order valence-electron chi connectivity index (χ0n) is 12.8. The first-order valence-electron chi connectivity index (χ1n) is 7.06. The van der Waals surface area contributed by atoms with Gasteiger partial charge in [0.15, 0.2) is 17.6 Å². The SMILES string of the molecule is [2H]c1ccc2c(c1)OC[C@H](C1=NC([2H])([2H])C([2H])([2H])N1)O2. The first-order valence-corrected chi connectivity index (χ1v) is 4.56. The summed E-state index contributed by atoms with van der Waals surface area (Å²) in [6, 6.07) is 4.96. The number of fused-ring (bicyclic) bond motifs is 1. The van der Waals surface area contributed by atoms with E-state index in [-0.39, 0.29) is 12.4 Å². The van der Waals surface area contributed by atoms with E-state index in [0.717, 1.165) is 0 Å². The number of aliphatic imine (C=N–C) groups is 1. The Morgan fingerprint density at radius 1 is 1.53 bits per heavy atom. The van der Waals surface area contributed by atoms with Gasteiger partial charge in [-0.3, -0.25) is 4.99 Å². The van der Waals surface area contributed by atoms with Crippen LogP contribution >= 0.6 is 0 Å². The van der Waals surface area contributed by atoms with Gasteiger partial charge in [0, 0.05) is 6.50 Å². The summed E-state index contributed by atoms with van der Waals surface area (Å²) in [6.07, 6.45) is -0.702. The maximum atomic E-state index is 7.56. The Bertz CT molecular complexity index is 590. The molecule has 4 nitrogen and oxygen atoms in total. The van der Waals surface area contributed by atoms with E-state index < -0.39 is 19.1 Å². The van der Waals surface area contributed by atoms with Gasteiger partial charge in [0.25, 0.3) is 0 Å². The molecule has 0 fully saturated rings. The largest absolute Gasteiger partial charge is 0.485 e. The van der Waals surface area contributed by atoms with Gasteiger partial charge >= 0.3 is 0 Å². The topological polar surface area (TPSA) is 42.8 Å². The molecule has 78 valence electrons. The Hall–Kier alpha value is -1.71. The quantitative estimate of drug-likeness (QED) is 0.745. The first kappa shape index (κ1) is 4.88. The molecule has 3 rings (SSSR count). The maximum absolute atomic E-state index is 7.56. The van der Waals surface area contributed by atoms with Crippen LogP contribution in [0.25, 0.3) is 0 Å². The smallest absolute Gasteiger partial charge is 0.189 e. The van der Waals surface area contributed by atoms with Crippen LogP contribution in [0.5, 0.6) is 11.5 Å². The molecule has 0 spiro atoms. The molecule has 0 saturated carbocycles. The van der Waals surface area contributed by atoms with Gasteiger partial charge in [-0.05, 0) is 12.1 Å². The fraction of sp³-hybridized carbons (Fsp3) is 0.364. The molecule has 0 radical (unpaired) electrons. The molecule has 15 heavy (non-hydrogen) atoms. The number of rotatable bonds is 1. The minimum absolute atomic E-state index is 0.0778. The number of hydrogen-bond acceptors (Lipinski definition) is 4. The molecule has 0 aliphatic carbocycles. The van der Waals surface area contributed by atoms with Crippen LogP contribution in [0.3, 0.4) is 0 Å². The molecule has 2 aliphatic rings. The Morgan fingerprint density at radius 2 is 2.53 bits per heavy atom. The van der Waals surface area contributed by atoms with E-state index in [1.165, 1.54) is 6.07 Å². The van der Waals surface area contributed by atoms with Crippen LogP contribution in [0, 0.1) is 0 Å². The fourth-order valence-electron chi connectivity index (χ4n) is 1.46. The van der Waals surface area contributed by atoms with E-state index >= 15 is 0 Å². The molecule has 2 heterocycles. The lowest BCUT2D eigenvalue weighted by Gasteiger charge is -2.26. The predicted molar refractivity (Wildman–Crippen MR) is 56.7 cm³/mol. The second kappa shape index (κ2) is 3.46. The van der Waals surface area contributed by atoms with Crippen molar-refractivity contribution in [2.75, 3.05) is 19.6 Å². The molecule has 0 saturated heterocycles. The van der Waals surface area contributed by atoms with E-state index in [4.69, 9.17) is 16.3 Å². The highest BCUT2D eigenvalue weighted by molar-refractivity contribution is 5.88. The zero-order chi connectivity index (χ0) is 14.5. The van der Waals surface area contributed by atoms with Crippen molar-refractivity contribution in [1.82, 2.24) is 5.32 Å². The molecule has 4 heteroatoms. The molecule has 1 aromatic carbocycles. The van der Waals surface area contributed by atoms with Crippen molar-refractivity contribution in [3.8, 4) is 11.5 Å². The van der Waals surface area contributed by atoms with E-state index in [0.29, 0.717) is 17.5 Å². The van der Waals surface area contributed by atoms with Crippen LogP contribution in [0.1, 0.15) is 6.85 Å². The van der Waals surface area contributed by atoms with Gasteiger partial charge in [0.2, 0.25) is 0 Å². The third-order valence-corrected chi connectivity index (χ3v) is 2.18. The summed E-state index contributed by atoms with van der Waals surface area (Å²) in [4.78, 5) is 3.71. The Kier molecular flexibility index (Phi) is 1.12. The van der Waals surface area contributed by atoms with Gasteiger partial charge in [0.1, 0.15) is 12.4 Å². The van der Waals surface area contributed by atoms with E-state index in [1.54, 1.807) is 12.1 Å². The average Bonchev–Trinajstić information content (AvgIpc) is 2.58. The monoisotopic (exact) mass is 209 g/mol. The molecule has 1 atom stereocenters. The Balaban J connectivity index is 1.84. The normalized spacial score (nSPS) is 34.8. The minimum Gasteiger partial charge on any atom is -0.485 e. The maximum Gasteiger partial charge on any atom is 0.189 e. The number of hydrogen-bond donors (Lipinski definition) is 1. The van der Waals surface area contributed by atoms with Gasteiger partial charge in [-0.15, -0.1) is 0 Å². The van der Waals surface area contributed by atoms with E-state index in [2.05, 4.69) is 10.3 Å². The molecule has 1 aromatic rings. The standard InChI is InChI=1S/C11H12N2O2/c1-2-4-9-8(3-1)14-7-10(15-9)11-12-5-6-13-11/h1-4,10H,5-7H2,(H,12,13)/t10-/m1/s1/i1D,5D2,6D2. The Labute approximate surface area is 94.9 Å². The molecular formula is C11H12N2O2. The predicted octanol–water partition coefficient (Wildman–Crippen LogP) is 0.828. The van der Waals surface area contributed by atoms with Crippen molar-refractivity contribution < 1.29 is 16.3 Å². The number of nitrogens with one attached hydrogen (secondary N) is 1. The second-order valence-corrected chi connectivity index (χ2v) is 3.15. The third-order valence-electron chi connectivity index (χ3n) is 2.18. The average molecular weight is 209 g/mol. The molecule has 2 aliphatic heterocycles. The Morgan fingerprint density at radius 3 is 3.40 bits per heavy atom. The lowest BCUT2D eigenvalue weighted by molar-refractivity contribution is 0.133. The number of nitrogens with zero attached hydrogens (tertiary/aromatic N) is 1. The van der Waals surface area contributed by atoms with Crippen molar-refractivity contribution in [3.63, 3.8) is 0 Å². The number of amidine groups is 1. The van der Waals surface area contributed by atoms with E-state index in [1.807, 2.05) is 0 Å². The lowest BCUT2D eigenvalue weighted by Crippen LogP contribution is -2.42. The summed E-state index contributed by atoms with van der Waals surface area (Å²) in [5, 5.41) is 2.40. The number of para-hydroxylation sites is 2. The van der Waals surface area contributed by atoms with Crippen molar-refractivity contribution >= 4 is 5.84 Å². The van der Waals surface area contributed by atoms with Crippen molar-refractivity contribution in [2.24, 2.45) is 4.99 Å². The summed E-state index contributed by atoms with van der Waals surface area (Å²) in [7, 11) is 0. The van der Waals surface area contributed by atoms with Gasteiger partial charge in [-0.25, -0.2) is 0 Å². The first-order chi connectivity index (χ1) is 9.28. The molecular weight excluding hydrogens is 192 g/mol. The van der Waals surface area contributed by atoms with Crippen LogP contribution in [-0.2, 0) is 0 Å². The summed E-state index contributed by atoms with van der Waals surface area (Å²) >= 11 is 0. The summed E-state index contributed by atoms with van der Waals surface area (Å²) in [6.45, 7) is -4.55. The summed E-state index contributed by atoms with van der Waals surface area (Å²) in [5.74, 6) is 0.953. The van der Waals surface area contributed by atoms with Gasteiger partial charge < -0.3 is 14.8 Å². The zero-order valence-corrected chi connectivity index (χ0v) is 7.78. The lowest BCUT2D eigenvalue weighted by atomic mass is 10.2. The van der Waals surface area contributed by atoms with E-state index in [9.17, 15) is 0 Å².